The van der Waals surface area contributed by atoms with E-state index in [1.807, 2.05) is 38.1 Å². The molecule has 2 rings (SSSR count). The standard InChI is InChI=1S/C14H18BrN5OS/c1-3-9(2)17-12(21)8-22-14-19-18-13(20(14)16)10-6-4-5-7-11(10)15/h4-7,9H,3,8,16H2,1-2H3,(H,17,21)/t9-/m1/s1. The van der Waals surface area contributed by atoms with Gasteiger partial charge < -0.3 is 11.2 Å². The van der Waals surface area contributed by atoms with E-state index in [2.05, 4.69) is 31.4 Å². The van der Waals surface area contributed by atoms with Gasteiger partial charge in [0, 0.05) is 16.1 Å². The van der Waals surface area contributed by atoms with Crippen molar-refractivity contribution in [3.05, 3.63) is 28.7 Å². The second-order valence-corrected chi connectivity index (χ2v) is 6.62. The lowest BCUT2D eigenvalue weighted by molar-refractivity contribution is -0.119. The summed E-state index contributed by atoms with van der Waals surface area (Å²) in [4.78, 5) is 11.8. The van der Waals surface area contributed by atoms with Gasteiger partial charge in [0.2, 0.25) is 11.1 Å². The highest BCUT2D eigenvalue weighted by Crippen LogP contribution is 2.27. The minimum absolute atomic E-state index is 0.0372. The first kappa shape index (κ1) is 16.8. The van der Waals surface area contributed by atoms with Crippen molar-refractivity contribution in [2.24, 2.45) is 0 Å². The van der Waals surface area contributed by atoms with Crippen LogP contribution in [0.4, 0.5) is 0 Å². The van der Waals surface area contributed by atoms with Crippen molar-refractivity contribution in [3.8, 4) is 11.4 Å². The maximum atomic E-state index is 11.8. The highest BCUT2D eigenvalue weighted by Gasteiger charge is 2.15. The molecule has 0 unspecified atom stereocenters. The van der Waals surface area contributed by atoms with Gasteiger partial charge in [-0.2, -0.15) is 0 Å². The molecular weight excluding hydrogens is 366 g/mol. The molecule has 0 saturated carbocycles. The van der Waals surface area contributed by atoms with Gasteiger partial charge in [-0.05, 0) is 25.5 Å². The Morgan fingerprint density at radius 1 is 1.45 bits per heavy atom. The summed E-state index contributed by atoms with van der Waals surface area (Å²) in [5.41, 5.74) is 0.855. The van der Waals surface area contributed by atoms with Crippen LogP contribution < -0.4 is 11.2 Å². The number of halogens is 1. The number of aromatic nitrogens is 3. The fraction of sp³-hybridized carbons (Fsp3) is 0.357. The van der Waals surface area contributed by atoms with Gasteiger partial charge in [0.05, 0.1) is 5.75 Å². The quantitative estimate of drug-likeness (QED) is 0.590. The first-order chi connectivity index (χ1) is 10.5. The molecule has 0 aliphatic rings. The Hall–Kier alpha value is -1.54. The molecule has 1 aromatic heterocycles. The van der Waals surface area contributed by atoms with E-state index in [4.69, 9.17) is 5.84 Å². The summed E-state index contributed by atoms with van der Waals surface area (Å²) in [5, 5.41) is 11.6. The largest absolute Gasteiger partial charge is 0.353 e. The summed E-state index contributed by atoms with van der Waals surface area (Å²) in [6.07, 6.45) is 0.898. The molecule has 118 valence electrons. The average Bonchev–Trinajstić information content (AvgIpc) is 2.86. The van der Waals surface area contributed by atoms with Crippen molar-refractivity contribution in [2.45, 2.75) is 31.5 Å². The van der Waals surface area contributed by atoms with Gasteiger partial charge in [0.1, 0.15) is 0 Å². The highest BCUT2D eigenvalue weighted by molar-refractivity contribution is 9.10. The van der Waals surface area contributed by atoms with Crippen LogP contribution >= 0.6 is 27.7 Å². The maximum absolute atomic E-state index is 11.8. The van der Waals surface area contributed by atoms with E-state index in [1.165, 1.54) is 16.4 Å². The van der Waals surface area contributed by atoms with E-state index in [1.54, 1.807) is 0 Å². The third kappa shape index (κ3) is 4.01. The lowest BCUT2D eigenvalue weighted by Gasteiger charge is -2.10. The van der Waals surface area contributed by atoms with Crippen LogP contribution in [-0.4, -0.2) is 32.6 Å². The number of nitrogens with one attached hydrogen (secondary N) is 1. The van der Waals surface area contributed by atoms with Gasteiger partial charge in [-0.1, -0.05) is 46.7 Å². The Morgan fingerprint density at radius 2 is 2.18 bits per heavy atom. The number of amides is 1. The minimum Gasteiger partial charge on any atom is -0.353 e. The number of rotatable bonds is 6. The zero-order chi connectivity index (χ0) is 16.1. The van der Waals surface area contributed by atoms with Crippen LogP contribution in [0.5, 0.6) is 0 Å². The molecule has 3 N–H and O–H groups in total. The fourth-order valence-electron chi connectivity index (χ4n) is 1.75. The summed E-state index contributed by atoms with van der Waals surface area (Å²) in [5.74, 6) is 6.81. The van der Waals surface area contributed by atoms with Crippen LogP contribution in [0.2, 0.25) is 0 Å². The molecule has 8 heteroatoms. The predicted molar refractivity (Wildman–Crippen MR) is 91.9 cm³/mol. The summed E-state index contributed by atoms with van der Waals surface area (Å²) < 4.78 is 2.29. The number of nitrogens with zero attached hydrogens (tertiary/aromatic N) is 3. The van der Waals surface area contributed by atoms with Gasteiger partial charge in [-0.25, -0.2) is 4.68 Å². The predicted octanol–water partition coefficient (Wildman–Crippen LogP) is 2.43. The van der Waals surface area contributed by atoms with E-state index in [-0.39, 0.29) is 17.7 Å². The minimum atomic E-state index is -0.0372. The van der Waals surface area contributed by atoms with Crippen molar-refractivity contribution in [2.75, 3.05) is 11.6 Å². The highest BCUT2D eigenvalue weighted by atomic mass is 79.9. The van der Waals surface area contributed by atoms with E-state index < -0.39 is 0 Å². The number of hydrogen-bond acceptors (Lipinski definition) is 5. The number of carbonyl (C=O) groups excluding carboxylic acids is 1. The Morgan fingerprint density at radius 3 is 2.86 bits per heavy atom. The third-order valence-corrected chi connectivity index (χ3v) is 4.77. The molecule has 0 radical (unpaired) electrons. The van der Waals surface area contributed by atoms with Crippen LogP contribution in [0.1, 0.15) is 20.3 Å². The number of nitrogens with two attached hydrogens (primary N) is 1. The number of benzene rings is 1. The summed E-state index contributed by atoms with van der Waals surface area (Å²) in [6, 6.07) is 7.80. The second kappa shape index (κ2) is 7.64. The zero-order valence-electron chi connectivity index (χ0n) is 12.4. The molecule has 1 heterocycles. The molecule has 1 aromatic carbocycles. The Labute approximate surface area is 142 Å². The van der Waals surface area contributed by atoms with Crippen molar-refractivity contribution in [1.82, 2.24) is 20.2 Å². The summed E-state index contributed by atoms with van der Waals surface area (Å²) in [7, 11) is 0. The molecule has 0 fully saturated rings. The van der Waals surface area contributed by atoms with Crippen molar-refractivity contribution in [3.63, 3.8) is 0 Å². The molecule has 0 aliphatic heterocycles. The molecule has 0 saturated heterocycles. The van der Waals surface area contributed by atoms with Gasteiger partial charge >= 0.3 is 0 Å². The lowest BCUT2D eigenvalue weighted by atomic mass is 10.2. The lowest BCUT2D eigenvalue weighted by Crippen LogP contribution is -2.33. The topological polar surface area (TPSA) is 85.8 Å². The van der Waals surface area contributed by atoms with Crippen molar-refractivity contribution >= 4 is 33.6 Å². The molecule has 0 spiro atoms. The Bertz CT molecular complexity index is 660. The number of carbonyl (C=O) groups is 1. The van der Waals surface area contributed by atoms with Crippen LogP contribution in [0, 0.1) is 0 Å². The molecule has 0 bridgehead atoms. The van der Waals surface area contributed by atoms with Crippen molar-refractivity contribution in [1.29, 1.82) is 0 Å². The fourth-order valence-corrected chi connectivity index (χ4v) is 2.88. The van der Waals surface area contributed by atoms with Crippen LogP contribution in [-0.2, 0) is 4.79 Å². The third-order valence-electron chi connectivity index (χ3n) is 3.13. The monoisotopic (exact) mass is 383 g/mol. The van der Waals surface area contributed by atoms with Gasteiger partial charge in [-0.3, -0.25) is 4.79 Å². The molecule has 0 aliphatic carbocycles. The first-order valence-electron chi connectivity index (χ1n) is 6.90. The molecule has 1 amide bonds. The molecular formula is C14H18BrN5OS. The van der Waals surface area contributed by atoms with Gasteiger partial charge in [-0.15, -0.1) is 10.2 Å². The summed E-state index contributed by atoms with van der Waals surface area (Å²) >= 11 is 4.73. The average molecular weight is 384 g/mol. The SMILES string of the molecule is CC[C@@H](C)NC(=O)CSc1nnc(-c2ccccc2Br)n1N. The van der Waals surface area contributed by atoms with Crippen molar-refractivity contribution < 1.29 is 4.79 Å². The molecule has 22 heavy (non-hydrogen) atoms. The zero-order valence-corrected chi connectivity index (χ0v) is 14.8. The van der Waals surface area contributed by atoms with Crippen LogP contribution in [0.25, 0.3) is 11.4 Å². The first-order valence-corrected chi connectivity index (χ1v) is 8.68. The van der Waals surface area contributed by atoms with Crippen LogP contribution in [0.3, 0.4) is 0 Å². The van der Waals surface area contributed by atoms with Gasteiger partial charge in [0.25, 0.3) is 0 Å². The van der Waals surface area contributed by atoms with E-state index in [0.29, 0.717) is 11.0 Å². The van der Waals surface area contributed by atoms with E-state index in [0.717, 1.165) is 16.5 Å². The Kier molecular flexibility index (Phi) is 5.84. The van der Waals surface area contributed by atoms with Crippen LogP contribution in [0.15, 0.2) is 33.9 Å². The number of hydrogen-bond donors (Lipinski definition) is 2. The number of nitrogen functional groups attached to an aromatic ring is 1. The van der Waals surface area contributed by atoms with E-state index >= 15 is 0 Å². The Balaban J connectivity index is 2.06. The normalized spacial score (nSPS) is 12.1. The summed E-state index contributed by atoms with van der Waals surface area (Å²) in [6.45, 7) is 4.00. The van der Waals surface area contributed by atoms with E-state index in [9.17, 15) is 4.79 Å². The second-order valence-electron chi connectivity index (χ2n) is 4.82. The molecule has 2 aromatic rings. The smallest absolute Gasteiger partial charge is 0.230 e. The molecule has 6 nitrogen and oxygen atoms in total. The maximum Gasteiger partial charge on any atom is 0.230 e. The number of thioether (sulfide) groups is 1. The molecule has 1 atom stereocenters. The van der Waals surface area contributed by atoms with Gasteiger partial charge in [0.15, 0.2) is 5.82 Å².